The summed E-state index contributed by atoms with van der Waals surface area (Å²) in [6.45, 7) is 1.75. The molecule has 3 rings (SSSR count). The number of hydrogen-bond acceptors (Lipinski definition) is 3. The summed E-state index contributed by atoms with van der Waals surface area (Å²) in [7, 11) is 0. The van der Waals surface area contributed by atoms with Gasteiger partial charge in [-0.15, -0.1) is 11.8 Å². The predicted octanol–water partition coefficient (Wildman–Crippen LogP) is 4.88. The molecule has 126 valence electrons. The molecule has 0 saturated carbocycles. The minimum atomic E-state index is 0.299. The van der Waals surface area contributed by atoms with Crippen molar-refractivity contribution >= 4 is 29.4 Å². The number of hydrogen-bond donors (Lipinski definition) is 0. The van der Waals surface area contributed by atoms with Gasteiger partial charge in [-0.05, 0) is 24.1 Å². The van der Waals surface area contributed by atoms with Crippen LogP contribution in [0.2, 0.25) is 0 Å². The van der Waals surface area contributed by atoms with E-state index in [0.29, 0.717) is 17.6 Å². The minimum Gasteiger partial charge on any atom is -0.342 e. The van der Waals surface area contributed by atoms with Crippen LogP contribution in [-0.4, -0.2) is 35.4 Å². The van der Waals surface area contributed by atoms with Crippen molar-refractivity contribution < 1.29 is 4.79 Å². The molecule has 0 aliphatic carbocycles. The van der Waals surface area contributed by atoms with Crippen LogP contribution < -0.4 is 0 Å². The number of nitrogens with zero attached hydrogens (tertiary/aromatic N) is 1. The van der Waals surface area contributed by atoms with Crippen LogP contribution in [0, 0.1) is 0 Å². The second-order valence-electron chi connectivity index (χ2n) is 5.85. The average Bonchev–Trinajstić information content (AvgIpc) is 2.89. The average molecular weight is 358 g/mol. The predicted molar refractivity (Wildman–Crippen MR) is 105 cm³/mol. The van der Waals surface area contributed by atoms with Crippen molar-refractivity contribution in [3.8, 4) is 0 Å². The number of amides is 1. The van der Waals surface area contributed by atoms with E-state index in [4.69, 9.17) is 0 Å². The molecule has 0 unspecified atom stereocenters. The van der Waals surface area contributed by atoms with Gasteiger partial charge in [-0.1, -0.05) is 48.5 Å². The van der Waals surface area contributed by atoms with Crippen LogP contribution in [0.15, 0.2) is 65.6 Å². The molecule has 0 N–H and O–H groups in total. The maximum absolute atomic E-state index is 12.5. The highest BCUT2D eigenvalue weighted by atomic mass is 32.2. The van der Waals surface area contributed by atoms with E-state index < -0.39 is 0 Å². The Kier molecular flexibility index (Phi) is 6.67. The number of thioether (sulfide) groups is 2. The summed E-state index contributed by atoms with van der Waals surface area (Å²) >= 11 is 3.74. The van der Waals surface area contributed by atoms with Crippen molar-refractivity contribution in [1.29, 1.82) is 0 Å². The summed E-state index contributed by atoms with van der Waals surface area (Å²) in [5.74, 6) is 2.18. The van der Waals surface area contributed by atoms with Crippen LogP contribution in [0.25, 0.3) is 0 Å². The Morgan fingerprint density at radius 2 is 1.75 bits per heavy atom. The summed E-state index contributed by atoms with van der Waals surface area (Å²) in [6.07, 6.45) is 1.67. The molecule has 0 radical (unpaired) electrons. The molecule has 2 aromatic carbocycles. The first-order valence-corrected chi connectivity index (χ1v) is 10.5. The van der Waals surface area contributed by atoms with Gasteiger partial charge in [0.25, 0.3) is 0 Å². The highest BCUT2D eigenvalue weighted by Gasteiger charge is 2.21. The molecule has 24 heavy (non-hydrogen) atoms. The fraction of sp³-hybridized carbons (Fsp3) is 0.350. The van der Waals surface area contributed by atoms with Gasteiger partial charge >= 0.3 is 0 Å². The summed E-state index contributed by atoms with van der Waals surface area (Å²) < 4.78 is 0. The van der Waals surface area contributed by atoms with Crippen molar-refractivity contribution in [2.24, 2.45) is 0 Å². The molecule has 1 saturated heterocycles. The standard InChI is InChI=1S/C20H23NOS2/c22-20(12-15-23-18-9-5-2-6-10-18)21-13-11-19(24-16-14-21)17-7-3-1-4-8-17/h1-10,19H,11-16H2/t19-/m0/s1. The fourth-order valence-corrected chi connectivity index (χ4v) is 4.98. The third-order valence-electron chi connectivity index (χ3n) is 4.19. The normalized spacial score (nSPS) is 18.2. The van der Waals surface area contributed by atoms with E-state index in [-0.39, 0.29) is 0 Å². The van der Waals surface area contributed by atoms with Crippen molar-refractivity contribution in [1.82, 2.24) is 4.90 Å². The van der Waals surface area contributed by atoms with Crippen LogP contribution in [0.1, 0.15) is 23.7 Å². The Bertz CT molecular complexity index is 633. The van der Waals surface area contributed by atoms with Crippen LogP contribution >= 0.6 is 23.5 Å². The monoisotopic (exact) mass is 357 g/mol. The summed E-state index contributed by atoms with van der Waals surface area (Å²) in [5.41, 5.74) is 1.39. The second kappa shape index (κ2) is 9.19. The molecule has 1 aliphatic heterocycles. The Balaban J connectivity index is 1.46. The number of carbonyl (C=O) groups excluding carboxylic acids is 1. The van der Waals surface area contributed by atoms with Gasteiger partial charge in [-0.2, -0.15) is 11.8 Å². The van der Waals surface area contributed by atoms with Crippen molar-refractivity contribution in [3.05, 3.63) is 66.2 Å². The quantitative estimate of drug-likeness (QED) is 0.712. The van der Waals surface area contributed by atoms with Gasteiger partial charge in [0.2, 0.25) is 5.91 Å². The zero-order valence-electron chi connectivity index (χ0n) is 13.8. The molecule has 1 atom stereocenters. The van der Waals surface area contributed by atoms with Gasteiger partial charge in [0, 0.05) is 41.2 Å². The summed E-state index contributed by atoms with van der Waals surface area (Å²) in [5, 5.41) is 0.516. The summed E-state index contributed by atoms with van der Waals surface area (Å²) in [4.78, 5) is 15.8. The maximum Gasteiger partial charge on any atom is 0.223 e. The lowest BCUT2D eigenvalue weighted by molar-refractivity contribution is -0.130. The maximum atomic E-state index is 12.5. The van der Waals surface area contributed by atoms with E-state index in [1.165, 1.54) is 10.5 Å². The van der Waals surface area contributed by atoms with Gasteiger partial charge in [0.1, 0.15) is 0 Å². The fourth-order valence-electron chi connectivity index (χ4n) is 2.88. The van der Waals surface area contributed by atoms with E-state index >= 15 is 0 Å². The first-order valence-electron chi connectivity index (χ1n) is 8.45. The highest BCUT2D eigenvalue weighted by Crippen LogP contribution is 2.34. The highest BCUT2D eigenvalue weighted by molar-refractivity contribution is 7.99. The molecule has 0 spiro atoms. The minimum absolute atomic E-state index is 0.299. The molecule has 2 aromatic rings. The number of carbonyl (C=O) groups is 1. The topological polar surface area (TPSA) is 20.3 Å². The number of benzene rings is 2. The van der Waals surface area contributed by atoms with E-state index in [1.54, 1.807) is 11.8 Å². The zero-order chi connectivity index (χ0) is 16.6. The molecule has 0 bridgehead atoms. The Hall–Kier alpha value is -1.39. The molecule has 1 aliphatic rings. The molecule has 1 heterocycles. The van der Waals surface area contributed by atoms with Crippen LogP contribution in [0.5, 0.6) is 0 Å². The second-order valence-corrected chi connectivity index (χ2v) is 8.33. The van der Waals surface area contributed by atoms with Gasteiger partial charge in [0.05, 0.1) is 0 Å². The van der Waals surface area contributed by atoms with E-state index in [0.717, 1.165) is 31.0 Å². The Morgan fingerprint density at radius 3 is 2.50 bits per heavy atom. The van der Waals surface area contributed by atoms with Gasteiger partial charge in [-0.3, -0.25) is 4.79 Å². The molecule has 2 nitrogen and oxygen atoms in total. The van der Waals surface area contributed by atoms with Crippen LogP contribution in [-0.2, 0) is 4.79 Å². The Morgan fingerprint density at radius 1 is 1.04 bits per heavy atom. The molecule has 0 aromatic heterocycles. The zero-order valence-corrected chi connectivity index (χ0v) is 15.4. The molecular formula is C20H23NOS2. The Labute approximate surface area is 153 Å². The molecular weight excluding hydrogens is 334 g/mol. The third kappa shape index (κ3) is 5.05. The molecule has 1 fully saturated rings. The lowest BCUT2D eigenvalue weighted by Crippen LogP contribution is -2.33. The number of rotatable bonds is 5. The molecule has 1 amide bonds. The largest absolute Gasteiger partial charge is 0.342 e. The van der Waals surface area contributed by atoms with E-state index in [9.17, 15) is 4.79 Å². The van der Waals surface area contributed by atoms with Crippen LogP contribution in [0.3, 0.4) is 0 Å². The first-order chi connectivity index (χ1) is 11.8. The molecule has 4 heteroatoms. The van der Waals surface area contributed by atoms with Gasteiger partial charge < -0.3 is 4.90 Å². The lowest BCUT2D eigenvalue weighted by Gasteiger charge is -2.20. The SMILES string of the molecule is O=C(CCSc1ccccc1)N1CCS[C@H](c2ccccc2)CC1. The van der Waals surface area contributed by atoms with E-state index in [2.05, 4.69) is 47.4 Å². The van der Waals surface area contributed by atoms with Crippen molar-refractivity contribution in [2.75, 3.05) is 24.6 Å². The lowest BCUT2D eigenvalue weighted by atomic mass is 10.1. The third-order valence-corrected chi connectivity index (χ3v) is 6.54. The van der Waals surface area contributed by atoms with Crippen molar-refractivity contribution in [3.63, 3.8) is 0 Å². The smallest absolute Gasteiger partial charge is 0.223 e. The summed E-state index contributed by atoms with van der Waals surface area (Å²) in [6, 6.07) is 21.0. The van der Waals surface area contributed by atoms with E-state index in [1.807, 2.05) is 30.0 Å². The van der Waals surface area contributed by atoms with Gasteiger partial charge in [0.15, 0.2) is 0 Å². The van der Waals surface area contributed by atoms with Crippen LogP contribution in [0.4, 0.5) is 0 Å². The van der Waals surface area contributed by atoms with Gasteiger partial charge in [-0.25, -0.2) is 0 Å². The van der Waals surface area contributed by atoms with Crippen molar-refractivity contribution in [2.45, 2.75) is 23.0 Å². The first kappa shape index (κ1) is 17.4.